The molecule has 1 aromatic carbocycles. The Morgan fingerprint density at radius 1 is 1.22 bits per heavy atom. The zero-order valence-electron chi connectivity index (χ0n) is 9.58. The number of carbonyl (C=O) groups excluding carboxylic acids is 1. The molecular formula is C13H10F2N2O. The number of hydrogen-bond donors (Lipinski definition) is 1. The van der Waals surface area contributed by atoms with Gasteiger partial charge in [0.25, 0.3) is 5.91 Å². The summed E-state index contributed by atoms with van der Waals surface area (Å²) in [5.74, 6) is -2.06. The first-order valence-electron chi connectivity index (χ1n) is 5.25. The molecule has 1 heterocycles. The first-order valence-corrected chi connectivity index (χ1v) is 5.25. The van der Waals surface area contributed by atoms with Crippen LogP contribution in [0, 0.1) is 18.6 Å². The standard InChI is InChI=1S/C13H10F2N2O/c1-8-4-5-16-12(6-8)13(18)17-11-3-2-9(14)7-10(11)15/h2-7H,1H3,(H,17,18). The van der Waals surface area contributed by atoms with Crippen LogP contribution in [0.5, 0.6) is 0 Å². The van der Waals surface area contributed by atoms with Crippen LogP contribution in [0.1, 0.15) is 16.1 Å². The van der Waals surface area contributed by atoms with E-state index >= 15 is 0 Å². The number of benzene rings is 1. The van der Waals surface area contributed by atoms with Crippen molar-refractivity contribution >= 4 is 11.6 Å². The highest BCUT2D eigenvalue weighted by atomic mass is 19.1. The van der Waals surface area contributed by atoms with Crippen LogP contribution in [0.3, 0.4) is 0 Å². The predicted octanol–water partition coefficient (Wildman–Crippen LogP) is 2.92. The van der Waals surface area contributed by atoms with Crippen molar-refractivity contribution in [3.63, 3.8) is 0 Å². The summed E-state index contributed by atoms with van der Waals surface area (Å²) in [7, 11) is 0. The van der Waals surface area contributed by atoms with E-state index in [1.807, 2.05) is 6.92 Å². The lowest BCUT2D eigenvalue weighted by molar-refractivity contribution is 0.102. The van der Waals surface area contributed by atoms with Crippen molar-refractivity contribution in [1.82, 2.24) is 4.98 Å². The van der Waals surface area contributed by atoms with Gasteiger partial charge in [-0.05, 0) is 36.8 Å². The Morgan fingerprint density at radius 2 is 2.00 bits per heavy atom. The maximum absolute atomic E-state index is 13.3. The summed E-state index contributed by atoms with van der Waals surface area (Å²) in [6.45, 7) is 1.82. The van der Waals surface area contributed by atoms with Gasteiger partial charge in [0.1, 0.15) is 17.3 Å². The van der Waals surface area contributed by atoms with Crippen LogP contribution < -0.4 is 5.32 Å². The van der Waals surface area contributed by atoms with E-state index in [4.69, 9.17) is 0 Å². The Balaban J connectivity index is 2.21. The number of pyridine rings is 1. The van der Waals surface area contributed by atoms with Crippen molar-refractivity contribution < 1.29 is 13.6 Å². The largest absolute Gasteiger partial charge is 0.318 e. The fourth-order valence-electron chi connectivity index (χ4n) is 1.44. The zero-order chi connectivity index (χ0) is 13.1. The lowest BCUT2D eigenvalue weighted by atomic mass is 10.2. The SMILES string of the molecule is Cc1ccnc(C(=O)Nc2ccc(F)cc2F)c1. The average Bonchev–Trinajstić information content (AvgIpc) is 2.32. The molecule has 0 aliphatic heterocycles. The molecule has 92 valence electrons. The van der Waals surface area contributed by atoms with Crippen molar-refractivity contribution in [1.29, 1.82) is 0 Å². The Hall–Kier alpha value is -2.30. The number of hydrogen-bond acceptors (Lipinski definition) is 2. The Labute approximate surface area is 102 Å². The van der Waals surface area contributed by atoms with E-state index in [1.165, 1.54) is 12.3 Å². The van der Waals surface area contributed by atoms with Gasteiger partial charge in [-0.25, -0.2) is 8.78 Å². The molecule has 0 spiro atoms. The van der Waals surface area contributed by atoms with Crippen LogP contribution in [-0.2, 0) is 0 Å². The minimum absolute atomic E-state index is 0.0790. The summed E-state index contributed by atoms with van der Waals surface area (Å²) < 4.78 is 26.0. The third-order valence-electron chi connectivity index (χ3n) is 2.33. The van der Waals surface area contributed by atoms with Crippen molar-refractivity contribution in [2.45, 2.75) is 6.92 Å². The maximum atomic E-state index is 13.3. The number of halogens is 2. The molecule has 1 aromatic heterocycles. The lowest BCUT2D eigenvalue weighted by Crippen LogP contribution is -2.14. The van der Waals surface area contributed by atoms with Crippen molar-refractivity contribution in [2.75, 3.05) is 5.32 Å². The van der Waals surface area contributed by atoms with Gasteiger partial charge >= 0.3 is 0 Å². The molecule has 1 amide bonds. The van der Waals surface area contributed by atoms with Crippen molar-refractivity contribution in [2.24, 2.45) is 0 Å². The fraction of sp³-hybridized carbons (Fsp3) is 0.0769. The quantitative estimate of drug-likeness (QED) is 0.887. The number of nitrogens with one attached hydrogen (secondary N) is 1. The third kappa shape index (κ3) is 2.68. The number of carbonyl (C=O) groups is 1. The highest BCUT2D eigenvalue weighted by molar-refractivity contribution is 6.02. The molecule has 0 saturated heterocycles. The van der Waals surface area contributed by atoms with Crippen LogP contribution in [-0.4, -0.2) is 10.9 Å². The highest BCUT2D eigenvalue weighted by Crippen LogP contribution is 2.15. The van der Waals surface area contributed by atoms with Gasteiger partial charge in [-0.1, -0.05) is 0 Å². The second-order valence-electron chi connectivity index (χ2n) is 3.80. The van der Waals surface area contributed by atoms with Crippen LogP contribution in [0.2, 0.25) is 0 Å². The Kier molecular flexibility index (Phi) is 3.32. The molecular weight excluding hydrogens is 238 g/mol. The summed E-state index contributed by atoms with van der Waals surface area (Å²) in [6.07, 6.45) is 1.49. The van der Waals surface area contributed by atoms with E-state index in [1.54, 1.807) is 12.1 Å². The second kappa shape index (κ2) is 4.91. The molecule has 0 unspecified atom stereocenters. The molecule has 0 aliphatic carbocycles. The first-order chi connectivity index (χ1) is 8.56. The van der Waals surface area contributed by atoms with E-state index in [2.05, 4.69) is 10.3 Å². The summed E-state index contributed by atoms with van der Waals surface area (Å²) in [5, 5.41) is 2.34. The van der Waals surface area contributed by atoms with Crippen LogP contribution in [0.15, 0.2) is 36.5 Å². The van der Waals surface area contributed by atoms with E-state index in [-0.39, 0.29) is 11.4 Å². The molecule has 0 fully saturated rings. The zero-order valence-corrected chi connectivity index (χ0v) is 9.58. The topological polar surface area (TPSA) is 42.0 Å². The van der Waals surface area contributed by atoms with E-state index in [0.29, 0.717) is 6.07 Å². The minimum atomic E-state index is -0.823. The first kappa shape index (κ1) is 12.2. The van der Waals surface area contributed by atoms with Gasteiger partial charge in [0, 0.05) is 12.3 Å². The van der Waals surface area contributed by atoms with Crippen LogP contribution in [0.4, 0.5) is 14.5 Å². The van der Waals surface area contributed by atoms with Gasteiger partial charge < -0.3 is 5.32 Å². The van der Waals surface area contributed by atoms with Gasteiger partial charge in [-0.2, -0.15) is 0 Å². The number of aryl methyl sites for hydroxylation is 1. The summed E-state index contributed by atoms with van der Waals surface area (Å²) in [4.78, 5) is 15.6. The predicted molar refractivity (Wildman–Crippen MR) is 63.3 cm³/mol. The summed E-state index contributed by atoms with van der Waals surface area (Å²) in [6, 6.07) is 6.27. The second-order valence-corrected chi connectivity index (χ2v) is 3.80. The molecule has 0 aliphatic rings. The van der Waals surface area contributed by atoms with Gasteiger partial charge in [-0.15, -0.1) is 0 Å². The number of rotatable bonds is 2. The van der Waals surface area contributed by atoms with Gasteiger partial charge in [0.15, 0.2) is 0 Å². The molecule has 2 rings (SSSR count). The molecule has 5 heteroatoms. The molecule has 18 heavy (non-hydrogen) atoms. The maximum Gasteiger partial charge on any atom is 0.274 e. The van der Waals surface area contributed by atoms with Gasteiger partial charge in [0.05, 0.1) is 5.69 Å². The molecule has 0 atom stereocenters. The summed E-state index contributed by atoms with van der Waals surface area (Å²) >= 11 is 0. The van der Waals surface area contributed by atoms with Gasteiger partial charge in [-0.3, -0.25) is 9.78 Å². The van der Waals surface area contributed by atoms with Crippen LogP contribution in [0.25, 0.3) is 0 Å². The smallest absolute Gasteiger partial charge is 0.274 e. The highest BCUT2D eigenvalue weighted by Gasteiger charge is 2.11. The van der Waals surface area contributed by atoms with Gasteiger partial charge in [0.2, 0.25) is 0 Å². The number of nitrogens with zero attached hydrogens (tertiary/aromatic N) is 1. The molecule has 0 bridgehead atoms. The average molecular weight is 248 g/mol. The van der Waals surface area contributed by atoms with Crippen molar-refractivity contribution in [3.05, 3.63) is 59.4 Å². The Morgan fingerprint density at radius 3 is 2.67 bits per heavy atom. The molecule has 0 radical (unpaired) electrons. The fourth-order valence-corrected chi connectivity index (χ4v) is 1.44. The number of amides is 1. The van der Waals surface area contributed by atoms with E-state index in [0.717, 1.165) is 11.6 Å². The molecule has 2 aromatic rings. The summed E-state index contributed by atoms with van der Waals surface area (Å²) in [5.41, 5.74) is 0.971. The Bertz CT molecular complexity index is 599. The number of anilines is 1. The normalized spacial score (nSPS) is 10.2. The van der Waals surface area contributed by atoms with Crippen molar-refractivity contribution in [3.8, 4) is 0 Å². The third-order valence-corrected chi connectivity index (χ3v) is 2.33. The van der Waals surface area contributed by atoms with E-state index < -0.39 is 17.5 Å². The number of aromatic nitrogens is 1. The molecule has 1 N–H and O–H groups in total. The van der Waals surface area contributed by atoms with Crippen LogP contribution >= 0.6 is 0 Å². The lowest BCUT2D eigenvalue weighted by Gasteiger charge is -2.06. The molecule has 3 nitrogen and oxygen atoms in total. The minimum Gasteiger partial charge on any atom is -0.318 e. The molecule has 0 saturated carbocycles. The van der Waals surface area contributed by atoms with E-state index in [9.17, 15) is 13.6 Å². The monoisotopic (exact) mass is 248 g/mol.